The summed E-state index contributed by atoms with van der Waals surface area (Å²) in [6.07, 6.45) is 0. The van der Waals surface area contributed by atoms with Gasteiger partial charge in [0.05, 0.1) is 11.5 Å². The number of rotatable bonds is 5. The maximum atomic E-state index is 12.3. The predicted molar refractivity (Wildman–Crippen MR) is 91.3 cm³/mol. The average molecular weight is 389 g/mol. The van der Waals surface area contributed by atoms with Crippen LogP contribution in [0.5, 0.6) is 0 Å². The van der Waals surface area contributed by atoms with Gasteiger partial charge in [-0.25, -0.2) is 4.79 Å². The van der Waals surface area contributed by atoms with Crippen LogP contribution in [0.4, 0.5) is 10.0 Å². The Balaban J connectivity index is 2.35. The van der Waals surface area contributed by atoms with E-state index < -0.39 is 16.8 Å². The molecular formula is C14H10Cl2N2O5S. The molecule has 126 valence electrons. The molecule has 0 unspecified atom stereocenters. The molecule has 0 bridgehead atoms. The molecule has 1 aromatic heterocycles. The number of ether oxygens (including phenoxy) is 1. The highest BCUT2D eigenvalue weighted by Gasteiger charge is 2.24. The first-order valence-corrected chi connectivity index (χ1v) is 8.11. The maximum absolute atomic E-state index is 12.3. The van der Waals surface area contributed by atoms with Crippen molar-refractivity contribution in [3.8, 4) is 0 Å². The van der Waals surface area contributed by atoms with Crippen LogP contribution in [0.2, 0.25) is 10.0 Å². The second-order valence-electron chi connectivity index (χ2n) is 4.42. The molecule has 0 aliphatic rings. The van der Waals surface area contributed by atoms with Gasteiger partial charge in [0.1, 0.15) is 10.6 Å². The van der Waals surface area contributed by atoms with Crippen LogP contribution >= 0.6 is 34.5 Å². The SMILES string of the molecule is CCOC(=O)c1cc([N+](=O)[O-])sc1NC(=O)c1cc(Cl)cc(Cl)c1. The molecule has 0 fully saturated rings. The largest absolute Gasteiger partial charge is 0.462 e. The summed E-state index contributed by atoms with van der Waals surface area (Å²) in [4.78, 5) is 34.4. The second-order valence-corrected chi connectivity index (χ2v) is 6.32. The van der Waals surface area contributed by atoms with Gasteiger partial charge in [-0.1, -0.05) is 23.2 Å². The van der Waals surface area contributed by atoms with Gasteiger partial charge in [-0.3, -0.25) is 14.9 Å². The summed E-state index contributed by atoms with van der Waals surface area (Å²) in [5.74, 6) is -1.37. The van der Waals surface area contributed by atoms with Crippen molar-refractivity contribution in [1.82, 2.24) is 0 Å². The van der Waals surface area contributed by atoms with Crippen molar-refractivity contribution in [3.05, 3.63) is 55.6 Å². The molecule has 0 saturated carbocycles. The standard InChI is InChI=1S/C14H10Cl2N2O5S/c1-2-23-14(20)10-6-11(18(21)22)24-13(10)17-12(19)7-3-8(15)5-9(16)4-7/h3-6H,2H2,1H3,(H,17,19). The molecule has 0 aliphatic heterocycles. The lowest BCUT2D eigenvalue weighted by atomic mass is 10.2. The molecule has 1 heterocycles. The number of benzene rings is 1. The van der Waals surface area contributed by atoms with Crippen LogP contribution in [0.25, 0.3) is 0 Å². The quantitative estimate of drug-likeness (QED) is 0.465. The second kappa shape index (κ2) is 7.61. The van der Waals surface area contributed by atoms with Crippen molar-refractivity contribution < 1.29 is 19.2 Å². The number of halogens is 2. The molecule has 1 amide bonds. The smallest absolute Gasteiger partial charge is 0.341 e. The van der Waals surface area contributed by atoms with Gasteiger partial charge < -0.3 is 10.1 Å². The first-order valence-electron chi connectivity index (χ1n) is 6.54. The van der Waals surface area contributed by atoms with E-state index >= 15 is 0 Å². The summed E-state index contributed by atoms with van der Waals surface area (Å²) in [6, 6.07) is 5.28. The number of esters is 1. The molecule has 0 aliphatic carbocycles. The van der Waals surface area contributed by atoms with Crippen molar-refractivity contribution in [2.45, 2.75) is 6.92 Å². The van der Waals surface area contributed by atoms with E-state index in [1.54, 1.807) is 6.92 Å². The topological polar surface area (TPSA) is 98.5 Å². The number of thiophene rings is 1. The summed E-state index contributed by atoms with van der Waals surface area (Å²) in [5.41, 5.74) is 0.0633. The van der Waals surface area contributed by atoms with Gasteiger partial charge in [0.2, 0.25) is 0 Å². The molecule has 10 heteroatoms. The Morgan fingerprint density at radius 2 is 1.88 bits per heavy atom. The van der Waals surface area contributed by atoms with Crippen LogP contribution in [0.15, 0.2) is 24.3 Å². The highest BCUT2D eigenvalue weighted by molar-refractivity contribution is 7.19. The van der Waals surface area contributed by atoms with Gasteiger partial charge >= 0.3 is 11.0 Å². The number of hydrogen-bond donors (Lipinski definition) is 1. The Morgan fingerprint density at radius 3 is 2.42 bits per heavy atom. The molecule has 1 aromatic carbocycles. The lowest BCUT2D eigenvalue weighted by molar-refractivity contribution is -0.380. The zero-order valence-corrected chi connectivity index (χ0v) is 14.5. The molecule has 0 radical (unpaired) electrons. The third-order valence-corrected chi connectivity index (χ3v) is 4.18. The van der Waals surface area contributed by atoms with Crippen molar-refractivity contribution in [2.24, 2.45) is 0 Å². The van der Waals surface area contributed by atoms with Gasteiger partial charge in [-0.05, 0) is 36.5 Å². The van der Waals surface area contributed by atoms with Gasteiger partial charge in [-0.15, -0.1) is 0 Å². The first-order chi connectivity index (χ1) is 11.3. The third kappa shape index (κ3) is 4.22. The Bertz CT molecular complexity index is 801. The lowest BCUT2D eigenvalue weighted by Crippen LogP contribution is -2.14. The number of nitrogens with zero attached hydrogens (tertiary/aromatic N) is 1. The lowest BCUT2D eigenvalue weighted by Gasteiger charge is -2.06. The maximum Gasteiger partial charge on any atom is 0.341 e. The summed E-state index contributed by atoms with van der Waals surface area (Å²) >= 11 is 12.3. The fourth-order valence-electron chi connectivity index (χ4n) is 1.78. The highest BCUT2D eigenvalue weighted by atomic mass is 35.5. The molecular weight excluding hydrogens is 379 g/mol. The minimum atomic E-state index is -0.763. The first kappa shape index (κ1) is 18.2. The van der Waals surface area contributed by atoms with E-state index in [0.717, 1.165) is 6.07 Å². The number of nitrogens with one attached hydrogen (secondary N) is 1. The number of anilines is 1. The molecule has 1 N–H and O–H groups in total. The average Bonchev–Trinajstić information content (AvgIpc) is 2.90. The molecule has 24 heavy (non-hydrogen) atoms. The van der Waals surface area contributed by atoms with Gasteiger partial charge in [0.15, 0.2) is 0 Å². The van der Waals surface area contributed by atoms with E-state index in [4.69, 9.17) is 27.9 Å². The van der Waals surface area contributed by atoms with Crippen LogP contribution in [-0.2, 0) is 4.74 Å². The van der Waals surface area contributed by atoms with E-state index in [2.05, 4.69) is 5.32 Å². The summed E-state index contributed by atoms with van der Waals surface area (Å²) < 4.78 is 4.84. The Kier molecular flexibility index (Phi) is 5.76. The predicted octanol–water partition coefficient (Wildman–Crippen LogP) is 4.39. The molecule has 0 atom stereocenters. The van der Waals surface area contributed by atoms with Gasteiger partial charge in [0, 0.05) is 21.7 Å². The zero-order valence-electron chi connectivity index (χ0n) is 12.2. The minimum Gasteiger partial charge on any atom is -0.462 e. The monoisotopic (exact) mass is 388 g/mol. The Morgan fingerprint density at radius 1 is 1.25 bits per heavy atom. The Labute approximate surface area is 150 Å². The molecule has 2 aromatic rings. The third-order valence-electron chi connectivity index (χ3n) is 2.75. The number of nitro groups is 1. The summed E-state index contributed by atoms with van der Waals surface area (Å²) in [7, 11) is 0. The van der Waals surface area contributed by atoms with E-state index in [1.165, 1.54) is 18.2 Å². The molecule has 2 rings (SSSR count). The Hall–Kier alpha value is -2.16. The fourth-order valence-corrected chi connectivity index (χ4v) is 3.16. The van der Waals surface area contributed by atoms with E-state index in [9.17, 15) is 19.7 Å². The number of amides is 1. The summed E-state index contributed by atoms with van der Waals surface area (Å²) in [5, 5.41) is 13.6. The van der Waals surface area contributed by atoms with Gasteiger partial charge in [-0.2, -0.15) is 0 Å². The molecule has 0 spiro atoms. The van der Waals surface area contributed by atoms with Crippen LogP contribution in [0, 0.1) is 10.1 Å². The fraction of sp³-hybridized carbons (Fsp3) is 0.143. The van der Waals surface area contributed by atoms with E-state index in [1.807, 2.05) is 0 Å². The normalized spacial score (nSPS) is 10.3. The molecule has 0 saturated heterocycles. The van der Waals surface area contributed by atoms with Crippen molar-refractivity contribution in [1.29, 1.82) is 0 Å². The summed E-state index contributed by atoms with van der Waals surface area (Å²) in [6.45, 7) is 1.70. The van der Waals surface area contributed by atoms with Crippen LogP contribution in [0.3, 0.4) is 0 Å². The number of hydrogen-bond acceptors (Lipinski definition) is 6. The van der Waals surface area contributed by atoms with E-state index in [0.29, 0.717) is 11.3 Å². The van der Waals surface area contributed by atoms with Crippen molar-refractivity contribution in [3.63, 3.8) is 0 Å². The van der Waals surface area contributed by atoms with E-state index in [-0.39, 0.29) is 37.8 Å². The van der Waals surface area contributed by atoms with Crippen LogP contribution < -0.4 is 5.32 Å². The number of carbonyl (C=O) groups excluding carboxylic acids is 2. The van der Waals surface area contributed by atoms with Crippen LogP contribution in [-0.4, -0.2) is 23.4 Å². The van der Waals surface area contributed by atoms with Crippen molar-refractivity contribution >= 4 is 56.4 Å². The van der Waals surface area contributed by atoms with Crippen LogP contribution in [0.1, 0.15) is 27.6 Å². The molecule has 7 nitrogen and oxygen atoms in total. The van der Waals surface area contributed by atoms with Crippen molar-refractivity contribution in [2.75, 3.05) is 11.9 Å². The minimum absolute atomic E-state index is 0.0150. The zero-order chi connectivity index (χ0) is 17.9. The number of carbonyl (C=O) groups is 2. The van der Waals surface area contributed by atoms with Gasteiger partial charge in [0.25, 0.3) is 5.91 Å². The highest BCUT2D eigenvalue weighted by Crippen LogP contribution is 2.34.